The van der Waals surface area contributed by atoms with Crippen LogP contribution in [-0.4, -0.2) is 16.3 Å². The number of para-hydroxylation sites is 1. The average Bonchev–Trinajstić information content (AvgIpc) is 2.78. The van der Waals surface area contributed by atoms with Gasteiger partial charge < -0.3 is 5.32 Å². The molecule has 2 atom stereocenters. The molecule has 3 nitrogen and oxygen atoms in total. The highest BCUT2D eigenvalue weighted by molar-refractivity contribution is 5.81. The molecule has 1 saturated carbocycles. The van der Waals surface area contributed by atoms with Crippen molar-refractivity contribution in [3.05, 3.63) is 30.0 Å². The molecule has 0 spiro atoms. The Kier molecular flexibility index (Phi) is 4.06. The first-order valence-electron chi connectivity index (χ1n) is 7.87. The molecular formula is C17H25N3. The zero-order valence-corrected chi connectivity index (χ0v) is 12.6. The lowest BCUT2D eigenvalue weighted by atomic mass is 9.80. The van der Waals surface area contributed by atoms with Crippen LogP contribution >= 0.6 is 0 Å². The number of hydrogen-bond donors (Lipinski definition) is 1. The number of nitrogens with zero attached hydrogens (tertiary/aromatic N) is 2. The van der Waals surface area contributed by atoms with Crippen molar-refractivity contribution in [2.45, 2.75) is 39.2 Å². The molecule has 3 heteroatoms. The van der Waals surface area contributed by atoms with Gasteiger partial charge in [0.05, 0.1) is 11.2 Å². The second-order valence-electron chi connectivity index (χ2n) is 6.24. The highest BCUT2D eigenvalue weighted by Crippen LogP contribution is 2.29. The number of hydrogen-bond acceptors (Lipinski definition) is 2. The fourth-order valence-electron chi connectivity index (χ4n) is 3.49. The predicted molar refractivity (Wildman–Crippen MR) is 83.5 cm³/mol. The van der Waals surface area contributed by atoms with Gasteiger partial charge in [-0.2, -0.15) is 5.10 Å². The predicted octanol–water partition coefficient (Wildman–Crippen LogP) is 3.49. The third-order valence-corrected chi connectivity index (χ3v) is 4.82. The lowest BCUT2D eigenvalue weighted by molar-refractivity contribution is 0.247. The number of nitrogens with one attached hydrogen (secondary N) is 1. The fourth-order valence-corrected chi connectivity index (χ4v) is 3.49. The molecule has 3 rings (SSSR count). The van der Waals surface area contributed by atoms with Crippen molar-refractivity contribution in [1.29, 1.82) is 0 Å². The molecule has 0 bridgehead atoms. The number of benzene rings is 1. The van der Waals surface area contributed by atoms with Crippen LogP contribution in [0.3, 0.4) is 0 Å². The van der Waals surface area contributed by atoms with Gasteiger partial charge in [0.25, 0.3) is 0 Å². The Labute approximate surface area is 121 Å². The molecule has 1 aromatic carbocycles. The summed E-state index contributed by atoms with van der Waals surface area (Å²) in [6.45, 7) is 4.41. The summed E-state index contributed by atoms with van der Waals surface area (Å²) in [5.41, 5.74) is 2.39. The van der Waals surface area contributed by atoms with Crippen molar-refractivity contribution in [2.75, 3.05) is 6.54 Å². The Hall–Kier alpha value is -1.35. The molecule has 1 aliphatic carbocycles. The minimum Gasteiger partial charge on any atom is -0.311 e. The fraction of sp³-hybridized carbons (Fsp3) is 0.588. The highest BCUT2D eigenvalue weighted by atomic mass is 15.3. The Morgan fingerprint density at radius 1 is 1.25 bits per heavy atom. The van der Waals surface area contributed by atoms with Crippen LogP contribution in [0.4, 0.5) is 0 Å². The minimum atomic E-state index is 0.846. The van der Waals surface area contributed by atoms with Crippen LogP contribution in [0.2, 0.25) is 0 Å². The van der Waals surface area contributed by atoms with Crippen molar-refractivity contribution in [2.24, 2.45) is 18.9 Å². The Balaban J connectivity index is 1.62. The molecule has 1 fully saturated rings. The maximum atomic E-state index is 4.65. The van der Waals surface area contributed by atoms with Gasteiger partial charge in [0, 0.05) is 19.0 Å². The summed E-state index contributed by atoms with van der Waals surface area (Å²) in [6.07, 6.45) is 5.61. The molecule has 1 aromatic heterocycles. The molecule has 2 unspecified atom stereocenters. The van der Waals surface area contributed by atoms with Crippen molar-refractivity contribution < 1.29 is 0 Å². The number of rotatable bonds is 4. The summed E-state index contributed by atoms with van der Waals surface area (Å²) in [4.78, 5) is 0. The summed E-state index contributed by atoms with van der Waals surface area (Å²) >= 11 is 0. The number of aromatic nitrogens is 2. The van der Waals surface area contributed by atoms with E-state index < -0.39 is 0 Å². The van der Waals surface area contributed by atoms with E-state index in [1.165, 1.54) is 42.3 Å². The molecule has 1 aliphatic rings. The summed E-state index contributed by atoms with van der Waals surface area (Å²) in [5.74, 6) is 1.72. The molecule has 1 heterocycles. The minimum absolute atomic E-state index is 0.846. The number of aryl methyl sites for hydroxylation is 1. The van der Waals surface area contributed by atoms with Crippen LogP contribution in [0.25, 0.3) is 10.9 Å². The maximum absolute atomic E-state index is 4.65. The van der Waals surface area contributed by atoms with Gasteiger partial charge in [0.15, 0.2) is 0 Å². The van der Waals surface area contributed by atoms with Gasteiger partial charge in [-0.3, -0.25) is 4.68 Å². The van der Waals surface area contributed by atoms with Gasteiger partial charge in [-0.1, -0.05) is 44.4 Å². The van der Waals surface area contributed by atoms with Gasteiger partial charge in [-0.25, -0.2) is 0 Å². The third kappa shape index (κ3) is 2.73. The van der Waals surface area contributed by atoms with Crippen LogP contribution < -0.4 is 5.32 Å². The standard InChI is InChI=1S/C17H25N3/c1-13-7-3-4-8-14(13)11-18-12-16-15-9-5-6-10-17(15)20(2)19-16/h5-6,9-10,13-14,18H,3-4,7-8,11-12H2,1-2H3. The van der Waals surface area contributed by atoms with Crippen LogP contribution in [0.5, 0.6) is 0 Å². The third-order valence-electron chi connectivity index (χ3n) is 4.82. The van der Waals surface area contributed by atoms with Gasteiger partial charge in [0.2, 0.25) is 0 Å². The zero-order valence-electron chi connectivity index (χ0n) is 12.6. The largest absolute Gasteiger partial charge is 0.311 e. The average molecular weight is 271 g/mol. The van der Waals surface area contributed by atoms with Gasteiger partial charge >= 0.3 is 0 Å². The van der Waals surface area contributed by atoms with E-state index in [1.807, 2.05) is 11.7 Å². The van der Waals surface area contributed by atoms with E-state index in [1.54, 1.807) is 0 Å². The van der Waals surface area contributed by atoms with Crippen LogP contribution in [0, 0.1) is 11.8 Å². The van der Waals surface area contributed by atoms with Crippen molar-refractivity contribution in [3.63, 3.8) is 0 Å². The van der Waals surface area contributed by atoms with E-state index in [-0.39, 0.29) is 0 Å². The van der Waals surface area contributed by atoms with Crippen molar-refractivity contribution >= 4 is 10.9 Å². The topological polar surface area (TPSA) is 29.9 Å². The zero-order chi connectivity index (χ0) is 13.9. The Morgan fingerprint density at radius 3 is 2.90 bits per heavy atom. The molecule has 20 heavy (non-hydrogen) atoms. The van der Waals surface area contributed by atoms with Gasteiger partial charge in [-0.05, 0) is 30.9 Å². The van der Waals surface area contributed by atoms with Gasteiger partial charge in [0.1, 0.15) is 0 Å². The normalized spacial score (nSPS) is 23.3. The van der Waals surface area contributed by atoms with E-state index >= 15 is 0 Å². The van der Waals surface area contributed by atoms with Crippen LogP contribution in [0.15, 0.2) is 24.3 Å². The van der Waals surface area contributed by atoms with Crippen molar-refractivity contribution in [3.8, 4) is 0 Å². The smallest absolute Gasteiger partial charge is 0.0841 e. The molecular weight excluding hydrogens is 246 g/mol. The van der Waals surface area contributed by atoms with E-state index in [0.717, 1.165) is 24.9 Å². The molecule has 0 aliphatic heterocycles. The lowest BCUT2D eigenvalue weighted by Crippen LogP contribution is -2.29. The van der Waals surface area contributed by atoms with E-state index in [0.29, 0.717) is 0 Å². The highest BCUT2D eigenvalue weighted by Gasteiger charge is 2.20. The molecule has 2 aromatic rings. The Morgan fingerprint density at radius 2 is 2.05 bits per heavy atom. The SMILES string of the molecule is CC1CCCCC1CNCc1nn(C)c2ccccc12. The first-order chi connectivity index (χ1) is 9.75. The van der Waals surface area contributed by atoms with Crippen molar-refractivity contribution in [1.82, 2.24) is 15.1 Å². The summed E-state index contributed by atoms with van der Waals surface area (Å²) < 4.78 is 1.98. The van der Waals surface area contributed by atoms with Gasteiger partial charge in [-0.15, -0.1) is 0 Å². The second-order valence-corrected chi connectivity index (χ2v) is 6.24. The lowest BCUT2D eigenvalue weighted by Gasteiger charge is -2.28. The summed E-state index contributed by atoms with van der Waals surface area (Å²) in [7, 11) is 2.02. The monoisotopic (exact) mass is 271 g/mol. The number of fused-ring (bicyclic) bond motifs is 1. The van der Waals surface area contributed by atoms with E-state index in [4.69, 9.17) is 0 Å². The molecule has 0 saturated heterocycles. The molecule has 0 amide bonds. The first kappa shape index (κ1) is 13.6. The maximum Gasteiger partial charge on any atom is 0.0841 e. The van der Waals surface area contributed by atoms with E-state index in [9.17, 15) is 0 Å². The summed E-state index contributed by atoms with van der Waals surface area (Å²) in [5, 5.41) is 9.55. The van der Waals surface area contributed by atoms with E-state index in [2.05, 4.69) is 41.6 Å². The Bertz CT molecular complexity index is 573. The van der Waals surface area contributed by atoms with Crippen LogP contribution in [-0.2, 0) is 13.6 Å². The first-order valence-corrected chi connectivity index (χ1v) is 7.87. The summed E-state index contributed by atoms with van der Waals surface area (Å²) in [6, 6.07) is 8.47. The second kappa shape index (κ2) is 5.96. The quantitative estimate of drug-likeness (QED) is 0.922. The molecule has 108 valence electrons. The van der Waals surface area contributed by atoms with Crippen LogP contribution in [0.1, 0.15) is 38.3 Å². The molecule has 0 radical (unpaired) electrons. The molecule has 1 N–H and O–H groups in total.